The molecule has 28 heavy (non-hydrogen) atoms. The first-order valence-electron chi connectivity index (χ1n) is 9.82. The maximum absolute atomic E-state index is 12.4. The molecule has 158 valence electrons. The van der Waals surface area contributed by atoms with Crippen molar-refractivity contribution < 1.29 is 9.53 Å². The third-order valence-electron chi connectivity index (χ3n) is 4.08. The Bertz CT molecular complexity index is 668. The van der Waals surface area contributed by atoms with Crippen molar-refractivity contribution in [1.82, 2.24) is 20.5 Å². The number of aromatic nitrogens is 1. The molecule has 1 aromatic heterocycles. The smallest absolute Gasteiger partial charge is 0.410 e. The molecular formula is C19H34N6O2S. The summed E-state index contributed by atoms with van der Waals surface area (Å²) in [6.45, 7) is 10.3. The molecule has 0 spiro atoms. The Hall–Kier alpha value is -2.03. The van der Waals surface area contributed by atoms with Crippen LogP contribution in [0, 0.1) is 0 Å². The number of nitrogens with zero attached hydrogens (tertiary/aromatic N) is 4. The molecule has 1 unspecified atom stereocenters. The van der Waals surface area contributed by atoms with Gasteiger partial charge < -0.3 is 25.2 Å². The summed E-state index contributed by atoms with van der Waals surface area (Å²) in [6, 6.07) is 0.145. The number of anilines is 1. The summed E-state index contributed by atoms with van der Waals surface area (Å²) in [5, 5.41) is 9.75. The Morgan fingerprint density at radius 1 is 1.46 bits per heavy atom. The highest BCUT2D eigenvalue weighted by molar-refractivity contribution is 7.13. The van der Waals surface area contributed by atoms with E-state index < -0.39 is 5.60 Å². The van der Waals surface area contributed by atoms with Crippen LogP contribution in [0.5, 0.6) is 0 Å². The molecule has 1 aliphatic rings. The SMILES string of the molecule is CCNC(=NCc1csc(N(C)C)n1)NC1CCCN(C(=O)OC(C)(C)C)C1. The van der Waals surface area contributed by atoms with Crippen LogP contribution in [0.1, 0.15) is 46.2 Å². The minimum Gasteiger partial charge on any atom is -0.444 e. The van der Waals surface area contributed by atoms with E-state index in [1.165, 1.54) is 0 Å². The lowest BCUT2D eigenvalue weighted by molar-refractivity contribution is 0.0193. The van der Waals surface area contributed by atoms with Crippen LogP contribution in [0.3, 0.4) is 0 Å². The van der Waals surface area contributed by atoms with Crippen molar-refractivity contribution in [3.63, 3.8) is 0 Å². The number of hydrogen-bond acceptors (Lipinski definition) is 6. The van der Waals surface area contributed by atoms with Crippen molar-refractivity contribution >= 4 is 28.5 Å². The number of piperidine rings is 1. The zero-order valence-corrected chi connectivity index (χ0v) is 18.7. The molecular weight excluding hydrogens is 376 g/mol. The summed E-state index contributed by atoms with van der Waals surface area (Å²) in [5.41, 5.74) is 0.470. The fraction of sp³-hybridized carbons (Fsp3) is 0.737. The van der Waals surface area contributed by atoms with Crippen LogP contribution in [0.25, 0.3) is 0 Å². The number of guanidine groups is 1. The van der Waals surface area contributed by atoms with Crippen molar-refractivity contribution in [3.05, 3.63) is 11.1 Å². The second kappa shape index (κ2) is 9.95. The Morgan fingerprint density at radius 3 is 2.82 bits per heavy atom. The van der Waals surface area contributed by atoms with Gasteiger partial charge in [0, 0.05) is 45.2 Å². The molecule has 2 N–H and O–H groups in total. The minimum atomic E-state index is -0.479. The highest BCUT2D eigenvalue weighted by Crippen LogP contribution is 2.18. The molecule has 8 nitrogen and oxygen atoms in total. The number of likely N-dealkylation sites (tertiary alicyclic amines) is 1. The predicted molar refractivity (Wildman–Crippen MR) is 115 cm³/mol. The van der Waals surface area contributed by atoms with Crippen LogP contribution < -0.4 is 15.5 Å². The average Bonchev–Trinajstić information content (AvgIpc) is 3.08. The number of ether oxygens (including phenoxy) is 1. The van der Waals surface area contributed by atoms with Crippen LogP contribution in [0.2, 0.25) is 0 Å². The van der Waals surface area contributed by atoms with Crippen LogP contribution >= 0.6 is 11.3 Å². The van der Waals surface area contributed by atoms with Gasteiger partial charge in [-0.05, 0) is 40.5 Å². The number of amides is 1. The minimum absolute atomic E-state index is 0.145. The molecule has 1 fully saturated rings. The van der Waals surface area contributed by atoms with Gasteiger partial charge >= 0.3 is 6.09 Å². The van der Waals surface area contributed by atoms with Gasteiger partial charge in [0.05, 0.1) is 12.2 Å². The van der Waals surface area contributed by atoms with E-state index in [0.717, 1.165) is 42.7 Å². The van der Waals surface area contributed by atoms with Crippen molar-refractivity contribution in [2.24, 2.45) is 4.99 Å². The maximum atomic E-state index is 12.4. The number of aliphatic imine (C=N–C) groups is 1. The summed E-state index contributed by atoms with van der Waals surface area (Å²) >= 11 is 1.61. The van der Waals surface area contributed by atoms with Gasteiger partial charge in [-0.2, -0.15) is 0 Å². The second-order valence-electron chi connectivity index (χ2n) is 8.12. The molecule has 2 rings (SSSR count). The lowest BCUT2D eigenvalue weighted by atomic mass is 10.1. The van der Waals surface area contributed by atoms with E-state index in [9.17, 15) is 4.79 Å². The third-order valence-corrected chi connectivity index (χ3v) is 5.14. The monoisotopic (exact) mass is 410 g/mol. The maximum Gasteiger partial charge on any atom is 0.410 e. The molecule has 2 heterocycles. The van der Waals surface area contributed by atoms with E-state index >= 15 is 0 Å². The van der Waals surface area contributed by atoms with Gasteiger partial charge in [0.25, 0.3) is 0 Å². The Morgan fingerprint density at radius 2 is 2.21 bits per heavy atom. The standard InChI is InChI=1S/C19H34N6O2S/c1-7-20-16(21-11-15-13-28-17(23-15)24(5)6)22-14-9-8-10-25(12-14)18(26)27-19(2,3)4/h13-14H,7-12H2,1-6H3,(H2,20,21,22). The molecule has 1 amide bonds. The van der Waals surface area contributed by atoms with Crippen molar-refractivity contribution in [3.8, 4) is 0 Å². The molecule has 9 heteroatoms. The first-order chi connectivity index (χ1) is 13.2. The summed E-state index contributed by atoms with van der Waals surface area (Å²) < 4.78 is 5.51. The van der Waals surface area contributed by atoms with E-state index in [4.69, 9.17) is 4.74 Å². The van der Waals surface area contributed by atoms with Gasteiger partial charge in [0.15, 0.2) is 11.1 Å². The lowest BCUT2D eigenvalue weighted by Gasteiger charge is -2.35. The summed E-state index contributed by atoms with van der Waals surface area (Å²) in [7, 11) is 3.97. The van der Waals surface area contributed by atoms with Gasteiger partial charge in [-0.25, -0.2) is 14.8 Å². The number of hydrogen-bond donors (Lipinski definition) is 2. The van der Waals surface area contributed by atoms with Crippen molar-refractivity contribution in [2.45, 2.75) is 58.7 Å². The third kappa shape index (κ3) is 7.18. The van der Waals surface area contributed by atoms with E-state index in [0.29, 0.717) is 13.1 Å². The van der Waals surface area contributed by atoms with E-state index in [1.807, 2.05) is 52.1 Å². The highest BCUT2D eigenvalue weighted by atomic mass is 32.1. The largest absolute Gasteiger partial charge is 0.444 e. The second-order valence-corrected chi connectivity index (χ2v) is 8.96. The molecule has 1 aromatic rings. The molecule has 1 atom stereocenters. The molecule has 0 saturated carbocycles. The number of carbonyl (C=O) groups excluding carboxylic acids is 1. The quantitative estimate of drug-likeness (QED) is 0.574. The normalized spacial score (nSPS) is 18.0. The Labute approximate surface area is 172 Å². The van der Waals surface area contributed by atoms with Crippen LogP contribution in [-0.2, 0) is 11.3 Å². The summed E-state index contributed by atoms with van der Waals surface area (Å²) in [4.78, 5) is 25.4. The van der Waals surface area contributed by atoms with Gasteiger partial charge in [-0.1, -0.05) is 0 Å². The molecule has 0 aromatic carbocycles. The summed E-state index contributed by atoms with van der Waals surface area (Å²) in [6.07, 6.45) is 1.68. The fourth-order valence-corrected chi connectivity index (χ4v) is 3.58. The molecule has 1 saturated heterocycles. The summed E-state index contributed by atoms with van der Waals surface area (Å²) in [5.74, 6) is 0.748. The predicted octanol–water partition coefficient (Wildman–Crippen LogP) is 2.66. The van der Waals surface area contributed by atoms with Crippen LogP contribution in [0.4, 0.5) is 9.93 Å². The van der Waals surface area contributed by atoms with Crippen LogP contribution in [0.15, 0.2) is 10.4 Å². The number of carbonyl (C=O) groups is 1. The molecule has 0 aliphatic carbocycles. The van der Waals surface area contributed by atoms with Gasteiger partial charge in [0.2, 0.25) is 0 Å². The Balaban J connectivity index is 1.95. The fourth-order valence-electron chi connectivity index (χ4n) is 2.84. The average molecular weight is 411 g/mol. The number of nitrogens with one attached hydrogen (secondary N) is 2. The zero-order valence-electron chi connectivity index (χ0n) is 17.9. The van der Waals surface area contributed by atoms with E-state index in [2.05, 4.69) is 20.6 Å². The zero-order chi connectivity index (χ0) is 20.7. The first kappa shape index (κ1) is 22.3. The number of thiazole rings is 1. The molecule has 0 bridgehead atoms. The van der Waals surface area contributed by atoms with Gasteiger partial charge in [-0.15, -0.1) is 11.3 Å². The van der Waals surface area contributed by atoms with E-state index in [1.54, 1.807) is 16.2 Å². The van der Waals surface area contributed by atoms with Crippen molar-refractivity contribution in [2.75, 3.05) is 38.6 Å². The van der Waals surface area contributed by atoms with E-state index in [-0.39, 0.29) is 12.1 Å². The highest BCUT2D eigenvalue weighted by Gasteiger charge is 2.28. The van der Waals surface area contributed by atoms with Gasteiger partial charge in [0.1, 0.15) is 5.60 Å². The number of rotatable bonds is 5. The Kier molecular flexibility index (Phi) is 7.91. The lowest BCUT2D eigenvalue weighted by Crippen LogP contribution is -2.53. The molecule has 1 aliphatic heterocycles. The first-order valence-corrected chi connectivity index (χ1v) is 10.7. The molecule has 0 radical (unpaired) electrons. The van der Waals surface area contributed by atoms with Crippen molar-refractivity contribution in [1.29, 1.82) is 0 Å². The van der Waals surface area contributed by atoms with Gasteiger partial charge in [-0.3, -0.25) is 0 Å². The topological polar surface area (TPSA) is 82.1 Å². The van der Waals surface area contributed by atoms with Crippen LogP contribution in [-0.4, -0.2) is 67.3 Å².